The van der Waals surface area contributed by atoms with Gasteiger partial charge in [0.2, 0.25) is 0 Å². The Bertz CT molecular complexity index is 370. The fraction of sp³-hybridized carbons (Fsp3) is 0.556. The lowest BCUT2D eigenvalue weighted by molar-refractivity contribution is -0.134. The summed E-state index contributed by atoms with van der Waals surface area (Å²) in [4.78, 5) is 15.4. The van der Waals surface area contributed by atoms with Crippen molar-refractivity contribution in [3.05, 3.63) is 15.6 Å². The Kier molecular flexibility index (Phi) is 3.49. The first-order valence-electron chi connectivity index (χ1n) is 4.33. The predicted molar refractivity (Wildman–Crippen MR) is 51.2 cm³/mol. The minimum absolute atomic E-state index is 0.150. The number of nitrogens with zero attached hydrogens (tertiary/aromatic N) is 1. The normalized spacial score (nSPS) is 11.8. The topological polar surface area (TPSA) is 30.0 Å². The summed E-state index contributed by atoms with van der Waals surface area (Å²) in [7, 11) is 0. The summed E-state index contributed by atoms with van der Waals surface area (Å²) in [6.07, 6.45) is -5.21. The zero-order chi connectivity index (χ0) is 11.6. The number of alkyl halides is 3. The standard InChI is InChI=1S/C9H10F3NOS/c1-5-8(6(2)14)15-7(13-5)3-4-9(10,11)12/h3-4H2,1-2H3. The van der Waals surface area contributed by atoms with Crippen LogP contribution in [0, 0.1) is 6.92 Å². The van der Waals surface area contributed by atoms with Gasteiger partial charge in [0.1, 0.15) is 0 Å². The van der Waals surface area contributed by atoms with Crippen molar-refractivity contribution in [2.24, 2.45) is 0 Å². The van der Waals surface area contributed by atoms with E-state index >= 15 is 0 Å². The molecule has 1 rings (SSSR count). The van der Waals surface area contributed by atoms with Crippen LogP contribution in [0.25, 0.3) is 0 Å². The Balaban J connectivity index is 2.72. The Morgan fingerprint density at radius 2 is 2.07 bits per heavy atom. The number of ketones is 1. The smallest absolute Gasteiger partial charge is 0.294 e. The Hall–Kier alpha value is -0.910. The number of aryl methyl sites for hydroxylation is 2. The summed E-state index contributed by atoms with van der Waals surface area (Å²) in [5.74, 6) is -0.150. The van der Waals surface area contributed by atoms with Gasteiger partial charge in [0.05, 0.1) is 15.6 Å². The molecule has 2 nitrogen and oxygen atoms in total. The van der Waals surface area contributed by atoms with Gasteiger partial charge in [-0.25, -0.2) is 4.98 Å². The van der Waals surface area contributed by atoms with Crippen LogP contribution in [-0.4, -0.2) is 16.9 Å². The molecule has 1 aromatic heterocycles. The van der Waals surface area contributed by atoms with E-state index in [1.54, 1.807) is 6.92 Å². The third kappa shape index (κ3) is 3.62. The minimum Gasteiger partial charge on any atom is -0.294 e. The van der Waals surface area contributed by atoms with E-state index in [2.05, 4.69) is 4.98 Å². The largest absolute Gasteiger partial charge is 0.389 e. The van der Waals surface area contributed by atoms with Crippen molar-refractivity contribution in [3.8, 4) is 0 Å². The highest BCUT2D eigenvalue weighted by atomic mass is 32.1. The van der Waals surface area contributed by atoms with Gasteiger partial charge in [0.15, 0.2) is 5.78 Å². The van der Waals surface area contributed by atoms with Crippen LogP contribution >= 0.6 is 11.3 Å². The van der Waals surface area contributed by atoms with Crippen molar-refractivity contribution in [2.75, 3.05) is 0 Å². The number of hydrogen-bond acceptors (Lipinski definition) is 3. The Morgan fingerprint density at radius 1 is 1.47 bits per heavy atom. The molecule has 0 saturated carbocycles. The molecular weight excluding hydrogens is 227 g/mol. The highest BCUT2D eigenvalue weighted by Crippen LogP contribution is 2.25. The first-order chi connectivity index (χ1) is 6.79. The Morgan fingerprint density at radius 3 is 2.47 bits per heavy atom. The highest BCUT2D eigenvalue weighted by molar-refractivity contribution is 7.13. The van der Waals surface area contributed by atoms with E-state index in [4.69, 9.17) is 0 Å². The molecule has 0 radical (unpaired) electrons. The molecule has 0 spiro atoms. The zero-order valence-corrected chi connectivity index (χ0v) is 9.13. The number of rotatable bonds is 3. The third-order valence-corrected chi connectivity index (χ3v) is 3.10. The molecule has 1 aromatic rings. The SMILES string of the molecule is CC(=O)c1sc(CCC(F)(F)F)nc1C. The molecule has 0 aliphatic rings. The van der Waals surface area contributed by atoms with Crippen LogP contribution in [0.15, 0.2) is 0 Å². The first kappa shape index (κ1) is 12.2. The maximum atomic E-state index is 11.9. The van der Waals surface area contributed by atoms with Crippen LogP contribution in [0.5, 0.6) is 0 Å². The summed E-state index contributed by atoms with van der Waals surface area (Å²) in [5, 5.41) is 0.370. The van der Waals surface area contributed by atoms with Gasteiger partial charge in [-0.05, 0) is 6.92 Å². The average Bonchev–Trinajstić information content (AvgIpc) is 2.42. The highest BCUT2D eigenvalue weighted by Gasteiger charge is 2.27. The number of Topliss-reactive ketones (excluding diaryl/α,β-unsaturated/α-hetero) is 1. The second kappa shape index (κ2) is 4.30. The van der Waals surface area contributed by atoms with Crippen molar-refractivity contribution >= 4 is 17.1 Å². The molecule has 0 fully saturated rings. The van der Waals surface area contributed by atoms with Crippen molar-refractivity contribution in [1.29, 1.82) is 0 Å². The van der Waals surface area contributed by atoms with Crippen LogP contribution in [-0.2, 0) is 6.42 Å². The number of hydrogen-bond donors (Lipinski definition) is 0. The monoisotopic (exact) mass is 237 g/mol. The molecule has 6 heteroatoms. The van der Waals surface area contributed by atoms with Crippen LogP contribution < -0.4 is 0 Å². The molecule has 0 aliphatic carbocycles. The number of carbonyl (C=O) groups excluding carboxylic acids is 1. The molecule has 0 N–H and O–H groups in total. The van der Waals surface area contributed by atoms with Gasteiger partial charge < -0.3 is 0 Å². The number of carbonyl (C=O) groups is 1. The van der Waals surface area contributed by atoms with Crippen LogP contribution in [0.2, 0.25) is 0 Å². The zero-order valence-electron chi connectivity index (χ0n) is 8.31. The molecule has 0 atom stereocenters. The lowest BCUT2D eigenvalue weighted by Crippen LogP contribution is -2.08. The quantitative estimate of drug-likeness (QED) is 0.756. The van der Waals surface area contributed by atoms with Crippen molar-refractivity contribution in [2.45, 2.75) is 32.9 Å². The minimum atomic E-state index is -4.17. The van der Waals surface area contributed by atoms with Crippen LogP contribution in [0.4, 0.5) is 13.2 Å². The van der Waals surface area contributed by atoms with Crippen molar-refractivity contribution in [1.82, 2.24) is 4.98 Å². The van der Waals surface area contributed by atoms with E-state index in [1.165, 1.54) is 6.92 Å². The third-order valence-electron chi connectivity index (χ3n) is 1.78. The maximum absolute atomic E-state index is 11.9. The van der Waals surface area contributed by atoms with Gasteiger partial charge in [-0.2, -0.15) is 13.2 Å². The summed E-state index contributed by atoms with van der Waals surface area (Å²) in [6, 6.07) is 0. The van der Waals surface area contributed by atoms with Crippen LogP contribution in [0.3, 0.4) is 0 Å². The number of halogens is 3. The molecule has 0 aliphatic heterocycles. The van der Waals surface area contributed by atoms with E-state index < -0.39 is 12.6 Å². The maximum Gasteiger partial charge on any atom is 0.389 e. The second-order valence-corrected chi connectivity index (χ2v) is 4.28. The molecule has 0 bridgehead atoms. The molecular formula is C9H10F3NOS. The fourth-order valence-electron chi connectivity index (χ4n) is 1.13. The molecule has 1 heterocycles. The number of aromatic nitrogens is 1. The predicted octanol–water partition coefficient (Wildman–Crippen LogP) is 3.15. The summed E-state index contributed by atoms with van der Waals surface area (Å²) >= 11 is 1.05. The van der Waals surface area contributed by atoms with E-state index in [0.29, 0.717) is 15.6 Å². The van der Waals surface area contributed by atoms with E-state index in [1.807, 2.05) is 0 Å². The number of thiazole rings is 1. The molecule has 0 amide bonds. The molecule has 0 saturated heterocycles. The van der Waals surface area contributed by atoms with Gasteiger partial charge in [-0.15, -0.1) is 11.3 Å². The van der Waals surface area contributed by atoms with Gasteiger partial charge in [-0.3, -0.25) is 4.79 Å². The average molecular weight is 237 g/mol. The van der Waals surface area contributed by atoms with Crippen molar-refractivity contribution < 1.29 is 18.0 Å². The Labute approximate surface area is 89.1 Å². The van der Waals surface area contributed by atoms with Gasteiger partial charge in [0.25, 0.3) is 0 Å². The van der Waals surface area contributed by atoms with E-state index in [0.717, 1.165) is 11.3 Å². The molecule has 0 unspecified atom stereocenters. The second-order valence-electron chi connectivity index (χ2n) is 3.19. The van der Waals surface area contributed by atoms with E-state index in [-0.39, 0.29) is 12.2 Å². The summed E-state index contributed by atoms with van der Waals surface area (Å²) in [5.41, 5.74) is 0.518. The van der Waals surface area contributed by atoms with Gasteiger partial charge >= 0.3 is 6.18 Å². The molecule has 84 valence electrons. The fourth-order valence-corrected chi connectivity index (χ4v) is 2.09. The summed E-state index contributed by atoms with van der Waals surface area (Å²) in [6.45, 7) is 3.01. The summed E-state index contributed by atoms with van der Waals surface area (Å²) < 4.78 is 35.8. The molecule has 0 aromatic carbocycles. The van der Waals surface area contributed by atoms with Gasteiger partial charge in [-0.1, -0.05) is 0 Å². The first-order valence-corrected chi connectivity index (χ1v) is 5.15. The molecule has 15 heavy (non-hydrogen) atoms. The van der Waals surface area contributed by atoms with E-state index in [9.17, 15) is 18.0 Å². The van der Waals surface area contributed by atoms with Gasteiger partial charge in [0, 0.05) is 19.8 Å². The lowest BCUT2D eigenvalue weighted by atomic mass is 10.3. The van der Waals surface area contributed by atoms with Crippen molar-refractivity contribution in [3.63, 3.8) is 0 Å². The lowest BCUT2D eigenvalue weighted by Gasteiger charge is -2.02. The van der Waals surface area contributed by atoms with Crippen LogP contribution in [0.1, 0.15) is 33.7 Å².